The number of benzene rings is 1. The number of aromatic nitrogens is 1. The fraction of sp³-hybridized carbons (Fsp3) is 0.385. The van der Waals surface area contributed by atoms with E-state index in [0.29, 0.717) is 13.1 Å². The van der Waals surface area contributed by atoms with Gasteiger partial charge in [0.25, 0.3) is 0 Å². The molecule has 1 aromatic heterocycles. The van der Waals surface area contributed by atoms with E-state index >= 15 is 0 Å². The third-order valence-electron chi connectivity index (χ3n) is 3.32. The van der Waals surface area contributed by atoms with Gasteiger partial charge in [-0.25, -0.2) is 4.98 Å². The van der Waals surface area contributed by atoms with Crippen LogP contribution in [0.4, 0.5) is 5.13 Å². The summed E-state index contributed by atoms with van der Waals surface area (Å²) in [6.45, 7) is 5.30. The van der Waals surface area contributed by atoms with Crippen molar-refractivity contribution >= 4 is 32.7 Å². The van der Waals surface area contributed by atoms with E-state index in [0.717, 1.165) is 10.6 Å². The molecule has 0 saturated carbocycles. The van der Waals surface area contributed by atoms with Crippen LogP contribution >= 0.6 is 11.3 Å². The van der Waals surface area contributed by atoms with Gasteiger partial charge < -0.3 is 10.0 Å². The Bertz CT molecular complexity index is 629. The fourth-order valence-electron chi connectivity index (χ4n) is 2.29. The molecule has 2 aromatic rings. The summed E-state index contributed by atoms with van der Waals surface area (Å²) in [5.41, 5.74) is 3.46. The molecule has 0 amide bonds. The summed E-state index contributed by atoms with van der Waals surface area (Å²) in [5.74, 6) is -0.945. The zero-order chi connectivity index (χ0) is 12.9. The molecule has 1 aliphatic heterocycles. The predicted molar refractivity (Wildman–Crippen MR) is 72.4 cm³/mol. The summed E-state index contributed by atoms with van der Waals surface area (Å²) in [6.07, 6.45) is 0. The summed E-state index contributed by atoms with van der Waals surface area (Å²) >= 11 is 1.65. The number of aliphatic carboxylic acids is 1. The van der Waals surface area contributed by atoms with Gasteiger partial charge in [0.2, 0.25) is 0 Å². The smallest absolute Gasteiger partial charge is 0.310 e. The molecule has 0 radical (unpaired) electrons. The lowest BCUT2D eigenvalue weighted by atomic mass is 10.0. The van der Waals surface area contributed by atoms with Gasteiger partial charge in [0.15, 0.2) is 5.13 Å². The lowest BCUT2D eigenvalue weighted by Gasteiger charge is -2.36. The summed E-state index contributed by atoms with van der Waals surface area (Å²) in [7, 11) is 0. The zero-order valence-corrected chi connectivity index (χ0v) is 11.1. The van der Waals surface area contributed by atoms with Crippen molar-refractivity contribution in [3.05, 3.63) is 23.3 Å². The molecule has 4 nitrogen and oxygen atoms in total. The molecule has 5 heteroatoms. The Morgan fingerprint density at radius 1 is 1.44 bits per heavy atom. The number of hydrogen-bond acceptors (Lipinski definition) is 4. The van der Waals surface area contributed by atoms with E-state index in [-0.39, 0.29) is 5.92 Å². The molecule has 0 aliphatic carbocycles. The number of carbonyl (C=O) groups is 1. The van der Waals surface area contributed by atoms with Crippen molar-refractivity contribution in [3.63, 3.8) is 0 Å². The second kappa shape index (κ2) is 3.95. The number of fused-ring (bicyclic) bond motifs is 1. The molecule has 0 spiro atoms. The van der Waals surface area contributed by atoms with Gasteiger partial charge in [-0.3, -0.25) is 4.79 Å². The van der Waals surface area contributed by atoms with E-state index in [9.17, 15) is 4.79 Å². The number of aryl methyl sites for hydroxylation is 2. The highest BCUT2D eigenvalue weighted by atomic mass is 32.1. The molecule has 3 rings (SSSR count). The number of rotatable bonds is 2. The standard InChI is InChI=1S/C13H14N2O2S/c1-7-3-8(2)11-10(4-7)18-13(14-11)15-5-9(6-15)12(16)17/h3-4,9H,5-6H2,1-2H3,(H,16,17). The van der Waals surface area contributed by atoms with Crippen molar-refractivity contribution in [1.29, 1.82) is 0 Å². The van der Waals surface area contributed by atoms with Crippen LogP contribution in [0.3, 0.4) is 0 Å². The van der Waals surface area contributed by atoms with Gasteiger partial charge in [0, 0.05) is 13.1 Å². The van der Waals surface area contributed by atoms with Crippen molar-refractivity contribution in [2.24, 2.45) is 5.92 Å². The lowest BCUT2D eigenvalue weighted by Crippen LogP contribution is -2.50. The van der Waals surface area contributed by atoms with Gasteiger partial charge in [-0.2, -0.15) is 0 Å². The Morgan fingerprint density at radius 3 is 2.83 bits per heavy atom. The molecular formula is C13H14N2O2S. The normalized spacial score (nSPS) is 16.0. The molecule has 0 unspecified atom stereocenters. The maximum Gasteiger partial charge on any atom is 0.310 e. The molecule has 1 N–H and O–H groups in total. The summed E-state index contributed by atoms with van der Waals surface area (Å²) in [4.78, 5) is 17.4. The number of anilines is 1. The maximum absolute atomic E-state index is 10.8. The summed E-state index contributed by atoms with van der Waals surface area (Å²) in [6, 6.07) is 4.26. The van der Waals surface area contributed by atoms with Crippen LogP contribution in [-0.4, -0.2) is 29.1 Å². The van der Waals surface area contributed by atoms with Crippen molar-refractivity contribution < 1.29 is 9.90 Å². The maximum atomic E-state index is 10.8. The van der Waals surface area contributed by atoms with E-state index < -0.39 is 5.97 Å². The lowest BCUT2D eigenvalue weighted by molar-refractivity contribution is -0.142. The number of hydrogen-bond donors (Lipinski definition) is 1. The van der Waals surface area contributed by atoms with Crippen LogP contribution in [0.25, 0.3) is 10.2 Å². The molecule has 0 atom stereocenters. The Balaban J connectivity index is 1.91. The minimum atomic E-state index is -0.709. The van der Waals surface area contributed by atoms with Crippen LogP contribution in [0.2, 0.25) is 0 Å². The third kappa shape index (κ3) is 1.75. The molecule has 1 aromatic carbocycles. The average molecular weight is 262 g/mol. The second-order valence-electron chi connectivity index (χ2n) is 4.87. The first-order valence-electron chi connectivity index (χ1n) is 5.90. The predicted octanol–water partition coefficient (Wildman–Crippen LogP) is 2.43. The van der Waals surface area contributed by atoms with Crippen LogP contribution in [0, 0.1) is 19.8 Å². The van der Waals surface area contributed by atoms with Crippen LogP contribution in [0.15, 0.2) is 12.1 Å². The second-order valence-corrected chi connectivity index (χ2v) is 5.87. The number of carboxylic acids is 1. The quantitative estimate of drug-likeness (QED) is 0.903. The summed E-state index contributed by atoms with van der Waals surface area (Å²) in [5, 5.41) is 9.82. The highest BCUT2D eigenvalue weighted by molar-refractivity contribution is 7.22. The van der Waals surface area contributed by atoms with Crippen LogP contribution < -0.4 is 4.90 Å². The molecular weight excluding hydrogens is 248 g/mol. The first-order chi connectivity index (χ1) is 8.54. The third-order valence-corrected chi connectivity index (χ3v) is 4.38. The van der Waals surface area contributed by atoms with E-state index in [4.69, 9.17) is 5.11 Å². The Morgan fingerprint density at radius 2 is 2.17 bits per heavy atom. The van der Waals surface area contributed by atoms with Gasteiger partial charge in [0.1, 0.15) is 0 Å². The number of nitrogens with zero attached hydrogens (tertiary/aromatic N) is 2. The molecule has 2 heterocycles. The Kier molecular flexibility index (Phi) is 2.52. The van der Waals surface area contributed by atoms with Gasteiger partial charge in [0.05, 0.1) is 16.1 Å². The van der Waals surface area contributed by atoms with Gasteiger partial charge in [-0.1, -0.05) is 17.4 Å². The highest BCUT2D eigenvalue weighted by Crippen LogP contribution is 2.34. The zero-order valence-electron chi connectivity index (χ0n) is 10.3. The van der Waals surface area contributed by atoms with Crippen molar-refractivity contribution in [2.75, 3.05) is 18.0 Å². The van der Waals surface area contributed by atoms with E-state index in [1.54, 1.807) is 11.3 Å². The van der Waals surface area contributed by atoms with Gasteiger partial charge in [-0.05, 0) is 31.0 Å². The molecule has 0 bridgehead atoms. The highest BCUT2D eigenvalue weighted by Gasteiger charge is 2.34. The fourth-order valence-corrected chi connectivity index (χ4v) is 3.45. The Hall–Kier alpha value is -1.62. The summed E-state index contributed by atoms with van der Waals surface area (Å²) < 4.78 is 1.18. The van der Waals surface area contributed by atoms with Crippen molar-refractivity contribution in [3.8, 4) is 0 Å². The Labute approximate surface area is 109 Å². The topological polar surface area (TPSA) is 53.4 Å². The molecule has 94 valence electrons. The van der Waals surface area contributed by atoms with Crippen LogP contribution in [0.5, 0.6) is 0 Å². The molecule has 18 heavy (non-hydrogen) atoms. The van der Waals surface area contributed by atoms with E-state index in [1.165, 1.54) is 15.8 Å². The SMILES string of the molecule is Cc1cc(C)c2nc(N3CC(C(=O)O)C3)sc2c1. The minimum absolute atomic E-state index is 0.236. The van der Waals surface area contributed by atoms with Crippen LogP contribution in [0.1, 0.15) is 11.1 Å². The van der Waals surface area contributed by atoms with Crippen molar-refractivity contribution in [2.45, 2.75) is 13.8 Å². The first kappa shape index (κ1) is 11.5. The average Bonchev–Trinajstić information content (AvgIpc) is 2.58. The largest absolute Gasteiger partial charge is 0.481 e. The van der Waals surface area contributed by atoms with Gasteiger partial charge in [-0.15, -0.1) is 0 Å². The molecule has 1 fully saturated rings. The molecule has 1 saturated heterocycles. The van der Waals surface area contributed by atoms with Crippen molar-refractivity contribution in [1.82, 2.24) is 4.98 Å². The van der Waals surface area contributed by atoms with Gasteiger partial charge >= 0.3 is 5.97 Å². The molecule has 1 aliphatic rings. The van der Waals surface area contributed by atoms with E-state index in [1.807, 2.05) is 4.90 Å². The minimum Gasteiger partial charge on any atom is -0.481 e. The number of carboxylic acid groups (broad SMARTS) is 1. The van der Waals surface area contributed by atoms with Crippen LogP contribution in [-0.2, 0) is 4.79 Å². The first-order valence-corrected chi connectivity index (χ1v) is 6.72. The monoisotopic (exact) mass is 262 g/mol. The van der Waals surface area contributed by atoms with E-state index in [2.05, 4.69) is 31.0 Å². The number of thiazole rings is 1.